The van der Waals surface area contributed by atoms with E-state index in [4.69, 9.17) is 11.6 Å². The molecule has 0 spiro atoms. The van der Waals surface area contributed by atoms with Crippen LogP contribution >= 0.6 is 11.6 Å². The van der Waals surface area contributed by atoms with Crippen LogP contribution in [-0.2, 0) is 14.8 Å². The minimum Gasteiger partial charge on any atom is -0.378 e. The molecule has 2 rings (SSSR count). The maximum absolute atomic E-state index is 12.1. The van der Waals surface area contributed by atoms with Gasteiger partial charge in [-0.2, -0.15) is 0 Å². The van der Waals surface area contributed by atoms with Crippen molar-refractivity contribution in [3.8, 4) is 0 Å². The Kier molecular flexibility index (Phi) is 7.73. The number of nitrogens with one attached hydrogen (secondary N) is 3. The number of carbonyl (C=O) groups excluding carboxylic acids is 1. The highest BCUT2D eigenvalue weighted by molar-refractivity contribution is 7.89. The summed E-state index contributed by atoms with van der Waals surface area (Å²) in [7, 11) is -3.80. The Morgan fingerprint density at radius 1 is 1.04 bits per heavy atom. The van der Waals surface area contributed by atoms with Crippen LogP contribution in [0.4, 0.5) is 11.4 Å². The lowest BCUT2D eigenvalue weighted by molar-refractivity contribution is -0.384. The van der Waals surface area contributed by atoms with Gasteiger partial charge in [-0.3, -0.25) is 14.9 Å². The number of nitro groups is 1. The van der Waals surface area contributed by atoms with Crippen LogP contribution in [0.3, 0.4) is 0 Å². The molecular weight excluding hydrogens is 408 g/mol. The monoisotopic (exact) mass is 426 g/mol. The molecule has 9 nitrogen and oxygen atoms in total. The fraction of sp³-hybridized carbons (Fsp3) is 0.235. The SMILES string of the molecule is O=C(CCNS(=O)(=O)c1ccccc1Cl)NCCNc1ccccc1[N+](=O)[O-]. The molecule has 0 saturated heterocycles. The first-order chi connectivity index (χ1) is 13.3. The number of rotatable bonds is 10. The van der Waals surface area contributed by atoms with Crippen molar-refractivity contribution >= 4 is 38.9 Å². The number of halogens is 1. The predicted molar refractivity (Wildman–Crippen MR) is 106 cm³/mol. The number of nitro benzene ring substituents is 1. The highest BCUT2D eigenvalue weighted by Gasteiger charge is 2.17. The molecule has 0 fully saturated rings. The predicted octanol–water partition coefficient (Wildman–Crippen LogP) is 2.14. The van der Waals surface area contributed by atoms with Crippen LogP contribution in [0, 0.1) is 10.1 Å². The third-order valence-electron chi connectivity index (χ3n) is 3.63. The first-order valence-electron chi connectivity index (χ1n) is 8.29. The van der Waals surface area contributed by atoms with Crippen molar-refractivity contribution in [2.45, 2.75) is 11.3 Å². The smallest absolute Gasteiger partial charge is 0.292 e. The maximum Gasteiger partial charge on any atom is 0.292 e. The minimum atomic E-state index is -3.80. The van der Waals surface area contributed by atoms with E-state index in [-0.39, 0.29) is 47.6 Å². The zero-order valence-corrected chi connectivity index (χ0v) is 16.3. The Morgan fingerprint density at radius 2 is 1.71 bits per heavy atom. The second-order valence-electron chi connectivity index (χ2n) is 5.63. The minimum absolute atomic E-state index is 0.0502. The number of benzene rings is 2. The third kappa shape index (κ3) is 6.19. The van der Waals surface area contributed by atoms with Crippen molar-refractivity contribution in [3.63, 3.8) is 0 Å². The van der Waals surface area contributed by atoms with Crippen LogP contribution in [0.1, 0.15) is 6.42 Å². The Labute approximate surface area is 167 Å². The summed E-state index contributed by atoms with van der Waals surface area (Å²) in [5.74, 6) is -0.355. The molecule has 2 aromatic carbocycles. The maximum atomic E-state index is 12.1. The summed E-state index contributed by atoms with van der Waals surface area (Å²) in [6, 6.07) is 12.2. The van der Waals surface area contributed by atoms with Gasteiger partial charge in [0.2, 0.25) is 15.9 Å². The molecule has 2 aromatic rings. The fourth-order valence-electron chi connectivity index (χ4n) is 2.31. The third-order valence-corrected chi connectivity index (χ3v) is 5.59. The molecule has 0 heterocycles. The van der Waals surface area contributed by atoms with Crippen molar-refractivity contribution in [1.29, 1.82) is 0 Å². The standard InChI is InChI=1S/C17H19ClN4O5S/c18-13-5-1-4-8-16(13)28(26,27)21-10-9-17(23)20-12-11-19-14-6-2-3-7-15(14)22(24)25/h1-8,19,21H,9-12H2,(H,20,23). The summed E-state index contributed by atoms with van der Waals surface area (Å²) in [5.41, 5.74) is 0.303. The van der Waals surface area contributed by atoms with E-state index in [9.17, 15) is 23.3 Å². The first kappa shape index (κ1) is 21.6. The van der Waals surface area contributed by atoms with Gasteiger partial charge < -0.3 is 10.6 Å². The molecule has 3 N–H and O–H groups in total. The normalized spacial score (nSPS) is 11.0. The van der Waals surface area contributed by atoms with Crippen LogP contribution in [0.25, 0.3) is 0 Å². The molecule has 0 atom stereocenters. The average molecular weight is 427 g/mol. The molecular formula is C17H19ClN4O5S. The van der Waals surface area contributed by atoms with Crippen LogP contribution in [0.15, 0.2) is 53.4 Å². The average Bonchev–Trinajstić information content (AvgIpc) is 2.65. The number of amides is 1. The Morgan fingerprint density at radius 3 is 2.43 bits per heavy atom. The lowest BCUT2D eigenvalue weighted by atomic mass is 10.2. The van der Waals surface area contributed by atoms with Crippen molar-refractivity contribution in [2.24, 2.45) is 0 Å². The summed E-state index contributed by atoms with van der Waals surface area (Å²) >= 11 is 5.87. The van der Waals surface area contributed by atoms with Gasteiger partial charge in [0.05, 0.1) is 9.95 Å². The van der Waals surface area contributed by atoms with Crippen molar-refractivity contribution in [2.75, 3.05) is 25.0 Å². The molecule has 150 valence electrons. The molecule has 0 aliphatic rings. The summed E-state index contributed by atoms with van der Waals surface area (Å²) in [6.07, 6.45) is -0.0603. The van der Waals surface area contributed by atoms with Crippen molar-refractivity contribution < 1.29 is 18.1 Å². The molecule has 0 unspecified atom stereocenters. The lowest BCUT2D eigenvalue weighted by Gasteiger charge is -2.10. The number of carbonyl (C=O) groups is 1. The van der Waals surface area contributed by atoms with Gasteiger partial charge >= 0.3 is 0 Å². The molecule has 0 aliphatic heterocycles. The van der Waals surface area contributed by atoms with Gasteiger partial charge in [0.25, 0.3) is 5.69 Å². The molecule has 11 heteroatoms. The molecule has 0 radical (unpaired) electrons. The van der Waals surface area contributed by atoms with Crippen LogP contribution in [0.5, 0.6) is 0 Å². The highest BCUT2D eigenvalue weighted by Crippen LogP contribution is 2.22. The zero-order valence-electron chi connectivity index (χ0n) is 14.7. The second kappa shape index (κ2) is 10.0. The van der Waals surface area contributed by atoms with Crippen LogP contribution in [0.2, 0.25) is 5.02 Å². The van der Waals surface area contributed by atoms with E-state index >= 15 is 0 Å². The molecule has 0 bridgehead atoms. The fourth-order valence-corrected chi connectivity index (χ4v) is 3.86. The van der Waals surface area contributed by atoms with Crippen LogP contribution in [-0.4, -0.2) is 38.9 Å². The molecule has 0 aromatic heterocycles. The summed E-state index contributed by atoms with van der Waals surface area (Å²) in [6.45, 7) is 0.418. The van der Waals surface area contributed by atoms with Gasteiger partial charge in [0.15, 0.2) is 0 Å². The number of hydrogen-bond acceptors (Lipinski definition) is 6. The number of sulfonamides is 1. The van der Waals surface area contributed by atoms with Gasteiger partial charge in [-0.1, -0.05) is 35.9 Å². The Hall–Kier alpha value is -2.69. The number of anilines is 1. The number of hydrogen-bond donors (Lipinski definition) is 3. The van der Waals surface area contributed by atoms with Gasteiger partial charge in [0.1, 0.15) is 10.6 Å². The van der Waals surface area contributed by atoms with E-state index in [1.807, 2.05) is 0 Å². The molecule has 0 aliphatic carbocycles. The summed E-state index contributed by atoms with van der Waals surface area (Å²) in [5, 5.41) is 16.5. The van der Waals surface area contributed by atoms with Crippen molar-refractivity contribution in [3.05, 3.63) is 63.7 Å². The van der Waals surface area contributed by atoms with E-state index in [1.165, 1.54) is 18.2 Å². The topological polar surface area (TPSA) is 130 Å². The Balaban J connectivity index is 1.72. The Bertz CT molecular complexity index is 952. The zero-order chi connectivity index (χ0) is 20.6. The van der Waals surface area contributed by atoms with Gasteiger partial charge in [0, 0.05) is 32.1 Å². The molecule has 1 amide bonds. The second-order valence-corrected chi connectivity index (χ2v) is 7.77. The van der Waals surface area contributed by atoms with Crippen molar-refractivity contribution in [1.82, 2.24) is 10.0 Å². The van der Waals surface area contributed by atoms with Gasteiger partial charge in [-0.05, 0) is 18.2 Å². The van der Waals surface area contributed by atoms with E-state index < -0.39 is 14.9 Å². The highest BCUT2D eigenvalue weighted by atomic mass is 35.5. The van der Waals surface area contributed by atoms with Crippen LogP contribution < -0.4 is 15.4 Å². The van der Waals surface area contributed by atoms with E-state index in [0.29, 0.717) is 5.69 Å². The molecule has 0 saturated carbocycles. The van der Waals surface area contributed by atoms with Gasteiger partial charge in [-0.15, -0.1) is 0 Å². The van der Waals surface area contributed by atoms with E-state index in [1.54, 1.807) is 30.3 Å². The van der Waals surface area contributed by atoms with E-state index in [2.05, 4.69) is 15.4 Å². The first-order valence-corrected chi connectivity index (χ1v) is 10.2. The number of nitrogens with zero attached hydrogens (tertiary/aromatic N) is 1. The quantitative estimate of drug-likeness (QED) is 0.303. The number of para-hydroxylation sites is 2. The largest absolute Gasteiger partial charge is 0.378 e. The molecule has 28 heavy (non-hydrogen) atoms. The summed E-state index contributed by atoms with van der Waals surface area (Å²) in [4.78, 5) is 22.2. The van der Waals surface area contributed by atoms with E-state index in [0.717, 1.165) is 0 Å². The lowest BCUT2D eigenvalue weighted by Crippen LogP contribution is -2.33. The summed E-state index contributed by atoms with van der Waals surface area (Å²) < 4.78 is 26.6. The van der Waals surface area contributed by atoms with Gasteiger partial charge in [-0.25, -0.2) is 13.1 Å².